The summed E-state index contributed by atoms with van der Waals surface area (Å²) in [4.78, 5) is 29.9. The molecule has 34 heavy (non-hydrogen) atoms. The van der Waals surface area contributed by atoms with Crippen molar-refractivity contribution in [1.29, 1.82) is 0 Å². The maximum absolute atomic E-state index is 13.5. The number of aromatic nitrogens is 2. The van der Waals surface area contributed by atoms with Crippen LogP contribution in [-0.2, 0) is 11.2 Å². The minimum Gasteiger partial charge on any atom is -0.326 e. The summed E-state index contributed by atoms with van der Waals surface area (Å²) in [6, 6.07) is 19.1. The molecule has 0 spiro atoms. The lowest BCUT2D eigenvalue weighted by Crippen LogP contribution is -2.24. The second-order valence-electron chi connectivity index (χ2n) is 8.54. The van der Waals surface area contributed by atoms with Gasteiger partial charge in [-0.1, -0.05) is 30.3 Å². The van der Waals surface area contributed by atoms with Crippen molar-refractivity contribution in [1.82, 2.24) is 9.55 Å². The Bertz CT molecular complexity index is 1530. The average molecular weight is 452 g/mol. The van der Waals surface area contributed by atoms with Gasteiger partial charge in [-0.25, -0.2) is 15.0 Å². The Hall–Kier alpha value is -4.26. The van der Waals surface area contributed by atoms with Crippen molar-refractivity contribution in [2.24, 2.45) is 5.10 Å². The Morgan fingerprint density at radius 2 is 1.85 bits per heavy atom. The molecule has 1 aliphatic rings. The lowest BCUT2D eigenvalue weighted by atomic mass is 9.99. The van der Waals surface area contributed by atoms with Gasteiger partial charge in [-0.2, -0.15) is 5.10 Å². The number of hydrogen-bond acceptors (Lipinski definition) is 5. The molecule has 2 heterocycles. The second-order valence-corrected chi connectivity index (χ2v) is 8.54. The summed E-state index contributed by atoms with van der Waals surface area (Å²) < 4.78 is 1.59. The molecule has 170 valence electrons. The number of rotatable bonds is 4. The first-order valence-electron chi connectivity index (χ1n) is 11.2. The lowest BCUT2D eigenvalue weighted by Gasteiger charge is -2.18. The normalized spacial score (nSPS) is 13.5. The molecule has 1 amide bonds. The average Bonchev–Trinajstić information content (AvgIpc) is 2.84. The number of hydrazone groups is 1. The zero-order valence-corrected chi connectivity index (χ0v) is 19.3. The molecular formula is C27H25N5O2. The Morgan fingerprint density at radius 3 is 2.71 bits per heavy atom. The van der Waals surface area contributed by atoms with Crippen LogP contribution < -0.4 is 16.3 Å². The zero-order chi connectivity index (χ0) is 23.8. The molecule has 7 heteroatoms. The predicted octanol–water partition coefficient (Wildman–Crippen LogP) is 4.72. The van der Waals surface area contributed by atoms with Crippen LogP contribution in [0.4, 0.5) is 11.6 Å². The summed E-state index contributed by atoms with van der Waals surface area (Å²) in [5.74, 6) is 0.390. The van der Waals surface area contributed by atoms with E-state index >= 15 is 0 Å². The summed E-state index contributed by atoms with van der Waals surface area (Å²) in [5.41, 5.74) is 9.97. The van der Waals surface area contributed by atoms with Crippen LogP contribution >= 0.6 is 0 Å². The predicted molar refractivity (Wildman–Crippen MR) is 136 cm³/mol. The van der Waals surface area contributed by atoms with E-state index in [-0.39, 0.29) is 11.5 Å². The van der Waals surface area contributed by atoms with Crippen LogP contribution in [0.5, 0.6) is 0 Å². The quantitative estimate of drug-likeness (QED) is 0.347. The monoisotopic (exact) mass is 451 g/mol. The van der Waals surface area contributed by atoms with Gasteiger partial charge >= 0.3 is 0 Å². The first-order valence-corrected chi connectivity index (χ1v) is 11.2. The van der Waals surface area contributed by atoms with E-state index < -0.39 is 0 Å². The third-order valence-electron chi connectivity index (χ3n) is 6.33. The SMILES string of the molecule is C/C(=N\Nc1nc2ccccc2c(=O)n1-c1cccc(C)c1C)c1ccc2c(c1)CCC(=O)N2. The third kappa shape index (κ3) is 3.85. The minimum absolute atomic E-state index is 0.0408. The Balaban J connectivity index is 1.58. The Kier molecular flexibility index (Phi) is 5.45. The first-order chi connectivity index (χ1) is 16.4. The molecule has 0 fully saturated rings. The number of nitrogens with one attached hydrogen (secondary N) is 2. The maximum atomic E-state index is 13.5. The second kappa shape index (κ2) is 8.59. The van der Waals surface area contributed by atoms with Gasteiger partial charge in [0.25, 0.3) is 5.56 Å². The van der Waals surface area contributed by atoms with Crippen molar-refractivity contribution in [3.8, 4) is 5.69 Å². The van der Waals surface area contributed by atoms with Crippen molar-refractivity contribution < 1.29 is 4.79 Å². The fraction of sp³-hybridized carbons (Fsp3) is 0.185. The van der Waals surface area contributed by atoms with Crippen LogP contribution in [0.1, 0.15) is 35.6 Å². The van der Waals surface area contributed by atoms with Crippen LogP contribution in [0, 0.1) is 13.8 Å². The van der Waals surface area contributed by atoms with Gasteiger partial charge in [0, 0.05) is 12.1 Å². The first kappa shape index (κ1) is 21.6. The molecule has 1 aliphatic heterocycles. The van der Waals surface area contributed by atoms with Crippen LogP contribution in [0.3, 0.4) is 0 Å². The van der Waals surface area contributed by atoms with Gasteiger partial charge in [0.15, 0.2) is 0 Å². The number of para-hydroxylation sites is 1. The minimum atomic E-state index is -0.154. The molecule has 2 N–H and O–H groups in total. The van der Waals surface area contributed by atoms with Crippen molar-refractivity contribution in [3.63, 3.8) is 0 Å². The highest BCUT2D eigenvalue weighted by atomic mass is 16.1. The fourth-order valence-electron chi connectivity index (χ4n) is 4.22. The molecule has 0 bridgehead atoms. The van der Waals surface area contributed by atoms with Crippen LogP contribution in [0.25, 0.3) is 16.6 Å². The maximum Gasteiger partial charge on any atom is 0.267 e. The highest BCUT2D eigenvalue weighted by Gasteiger charge is 2.17. The van der Waals surface area contributed by atoms with E-state index in [1.807, 2.05) is 75.4 Å². The van der Waals surface area contributed by atoms with Gasteiger partial charge in [0.2, 0.25) is 11.9 Å². The van der Waals surface area contributed by atoms with Crippen molar-refractivity contribution in [3.05, 3.63) is 93.3 Å². The number of carbonyl (C=O) groups excluding carboxylic acids is 1. The molecule has 5 rings (SSSR count). The number of anilines is 2. The smallest absolute Gasteiger partial charge is 0.267 e. The van der Waals surface area contributed by atoms with Crippen molar-refractivity contribution >= 4 is 34.2 Å². The number of benzene rings is 3. The molecule has 3 aromatic carbocycles. The van der Waals surface area contributed by atoms with Gasteiger partial charge in [0.05, 0.1) is 22.3 Å². The van der Waals surface area contributed by atoms with Crippen LogP contribution in [0.15, 0.2) is 70.6 Å². The summed E-state index contributed by atoms with van der Waals surface area (Å²) in [5, 5.41) is 8.02. The summed E-state index contributed by atoms with van der Waals surface area (Å²) in [7, 11) is 0. The molecule has 0 unspecified atom stereocenters. The van der Waals surface area contributed by atoms with Gasteiger partial charge in [0.1, 0.15) is 0 Å². The van der Waals surface area contributed by atoms with E-state index in [4.69, 9.17) is 4.98 Å². The number of fused-ring (bicyclic) bond motifs is 2. The Morgan fingerprint density at radius 1 is 1.03 bits per heavy atom. The largest absolute Gasteiger partial charge is 0.326 e. The van der Waals surface area contributed by atoms with E-state index in [9.17, 15) is 9.59 Å². The van der Waals surface area contributed by atoms with Gasteiger partial charge in [-0.05, 0) is 79.8 Å². The summed E-state index contributed by atoms with van der Waals surface area (Å²) >= 11 is 0. The third-order valence-corrected chi connectivity index (χ3v) is 6.33. The number of carbonyl (C=O) groups is 1. The number of amides is 1. The highest BCUT2D eigenvalue weighted by Crippen LogP contribution is 2.24. The van der Waals surface area contributed by atoms with Crippen LogP contribution in [-0.4, -0.2) is 21.2 Å². The topological polar surface area (TPSA) is 88.4 Å². The van der Waals surface area contributed by atoms with Gasteiger partial charge < -0.3 is 5.32 Å². The van der Waals surface area contributed by atoms with Crippen molar-refractivity contribution in [2.75, 3.05) is 10.7 Å². The molecule has 0 atom stereocenters. The van der Waals surface area contributed by atoms with E-state index in [0.29, 0.717) is 29.7 Å². The van der Waals surface area contributed by atoms with E-state index in [2.05, 4.69) is 15.8 Å². The summed E-state index contributed by atoms with van der Waals surface area (Å²) in [6.07, 6.45) is 1.18. The molecule has 0 saturated carbocycles. The van der Waals surface area contributed by atoms with Gasteiger partial charge in [-0.15, -0.1) is 0 Å². The van der Waals surface area contributed by atoms with Crippen LogP contribution in [0.2, 0.25) is 0 Å². The van der Waals surface area contributed by atoms with E-state index in [1.54, 1.807) is 10.6 Å². The molecule has 7 nitrogen and oxygen atoms in total. The number of nitrogens with zero attached hydrogens (tertiary/aromatic N) is 3. The fourth-order valence-corrected chi connectivity index (χ4v) is 4.22. The standard InChI is InChI=1S/C27H25N5O2/c1-16-7-6-10-24(17(16)2)32-26(34)21-8-4-5-9-23(21)29-27(32)31-30-18(3)19-11-13-22-20(15-19)12-14-25(33)28-22/h4-11,13,15H,12,14H2,1-3H3,(H,28,33)(H,29,31)/b30-18+. The highest BCUT2D eigenvalue weighted by molar-refractivity contribution is 6.01. The molecule has 0 radical (unpaired) electrons. The van der Waals surface area contributed by atoms with Crippen molar-refractivity contribution in [2.45, 2.75) is 33.6 Å². The molecule has 0 aliphatic carbocycles. The molecule has 1 aromatic heterocycles. The summed E-state index contributed by atoms with van der Waals surface area (Å²) in [6.45, 7) is 5.92. The molecule has 0 saturated heterocycles. The molecular weight excluding hydrogens is 426 g/mol. The Labute approximate surface area is 197 Å². The molecule has 4 aromatic rings. The van der Waals surface area contributed by atoms with Gasteiger partial charge in [-0.3, -0.25) is 9.59 Å². The lowest BCUT2D eigenvalue weighted by molar-refractivity contribution is -0.116. The van der Waals surface area contributed by atoms with E-state index in [1.165, 1.54) is 0 Å². The van der Waals surface area contributed by atoms with E-state index in [0.717, 1.165) is 39.3 Å². The zero-order valence-electron chi connectivity index (χ0n) is 19.3. The number of aryl methyl sites for hydroxylation is 2. The number of hydrogen-bond donors (Lipinski definition) is 2.